The molecule has 5 aromatic rings. The maximum atomic E-state index is 13.1. The van der Waals surface area contributed by atoms with Crippen molar-refractivity contribution in [3.05, 3.63) is 98.2 Å². The lowest BCUT2D eigenvalue weighted by molar-refractivity contribution is -0.384. The average molecular weight is 439 g/mol. The second-order valence-electron chi connectivity index (χ2n) is 8.30. The molecule has 0 unspecified atom stereocenters. The highest BCUT2D eigenvalue weighted by Crippen LogP contribution is 2.29. The summed E-state index contributed by atoms with van der Waals surface area (Å²) in [6.07, 6.45) is 0. The Labute approximate surface area is 188 Å². The molecular weight excluding hydrogens is 418 g/mol. The van der Waals surface area contributed by atoms with Crippen molar-refractivity contribution in [1.29, 1.82) is 0 Å². The van der Waals surface area contributed by atoms with Gasteiger partial charge in [-0.2, -0.15) is 4.98 Å². The normalized spacial score (nSPS) is 11.5. The Morgan fingerprint density at radius 2 is 1.79 bits per heavy atom. The van der Waals surface area contributed by atoms with Crippen molar-refractivity contribution < 1.29 is 9.34 Å². The molecule has 2 heterocycles. The number of rotatable bonds is 5. The van der Waals surface area contributed by atoms with Gasteiger partial charge in [-0.3, -0.25) is 14.9 Å². The van der Waals surface area contributed by atoms with Crippen LogP contribution in [0.1, 0.15) is 30.9 Å². The van der Waals surface area contributed by atoms with Gasteiger partial charge >= 0.3 is 5.69 Å². The van der Waals surface area contributed by atoms with Crippen LogP contribution < -0.4 is 10.7 Å². The number of hydrogen-bond acceptors (Lipinski definition) is 6. The second-order valence-corrected chi connectivity index (χ2v) is 8.30. The number of aromatic nitrogens is 1. The van der Waals surface area contributed by atoms with E-state index in [1.54, 1.807) is 12.1 Å². The summed E-state index contributed by atoms with van der Waals surface area (Å²) in [5.74, 6) is 0.291. The molecule has 3 aromatic carbocycles. The molecule has 0 aliphatic heterocycles. The van der Waals surface area contributed by atoms with E-state index in [0.717, 1.165) is 21.9 Å². The molecule has 0 saturated carbocycles. The van der Waals surface area contributed by atoms with Crippen molar-refractivity contribution in [2.45, 2.75) is 26.3 Å². The average Bonchev–Trinajstić information content (AvgIpc) is 2.82. The number of nitrogens with one attached hydrogen (secondary N) is 1. The summed E-state index contributed by atoms with van der Waals surface area (Å²) in [6.45, 7) is 4.39. The molecule has 0 aliphatic rings. The predicted octanol–water partition coefficient (Wildman–Crippen LogP) is 6.14. The first kappa shape index (κ1) is 20.6. The van der Waals surface area contributed by atoms with E-state index < -0.39 is 4.92 Å². The molecule has 7 nitrogen and oxygen atoms in total. The van der Waals surface area contributed by atoms with E-state index in [2.05, 4.69) is 10.3 Å². The number of anilines is 1. The molecular formula is C26H21N3O4. The second kappa shape index (κ2) is 8.02. The summed E-state index contributed by atoms with van der Waals surface area (Å²) in [5.41, 5.74) is 1.84. The number of pyridine rings is 1. The summed E-state index contributed by atoms with van der Waals surface area (Å²) in [7, 11) is 0. The Morgan fingerprint density at radius 1 is 1.00 bits per heavy atom. The third kappa shape index (κ3) is 3.67. The van der Waals surface area contributed by atoms with Crippen LogP contribution in [0.15, 0.2) is 75.9 Å². The summed E-state index contributed by atoms with van der Waals surface area (Å²) in [6, 6.07) is 20.5. The van der Waals surface area contributed by atoms with Crippen LogP contribution in [0.25, 0.3) is 32.8 Å². The molecule has 0 aliphatic carbocycles. The maximum absolute atomic E-state index is 13.1. The Balaban J connectivity index is 1.61. The molecule has 0 fully saturated rings. The SMILES string of the molecule is CC(C)c1ccc2oc3nc(NCc4cccc5ccccc45)c([N+](=O)[O-])cc3c(=O)c2c1. The van der Waals surface area contributed by atoms with Crippen LogP contribution in [-0.4, -0.2) is 9.91 Å². The zero-order chi connectivity index (χ0) is 23.1. The first-order valence-corrected chi connectivity index (χ1v) is 10.7. The van der Waals surface area contributed by atoms with E-state index in [0.29, 0.717) is 17.5 Å². The van der Waals surface area contributed by atoms with Crippen molar-refractivity contribution >= 4 is 44.3 Å². The van der Waals surface area contributed by atoms with Gasteiger partial charge in [-0.1, -0.05) is 62.4 Å². The molecule has 5 rings (SSSR count). The van der Waals surface area contributed by atoms with Gasteiger partial charge in [-0.25, -0.2) is 0 Å². The van der Waals surface area contributed by atoms with Crippen LogP contribution in [0.3, 0.4) is 0 Å². The van der Waals surface area contributed by atoms with Gasteiger partial charge in [0.15, 0.2) is 0 Å². The van der Waals surface area contributed by atoms with Crippen LogP contribution in [0.2, 0.25) is 0 Å². The molecule has 0 spiro atoms. The lowest BCUT2D eigenvalue weighted by Crippen LogP contribution is -2.09. The van der Waals surface area contributed by atoms with Crippen molar-refractivity contribution in [3.8, 4) is 0 Å². The number of hydrogen-bond donors (Lipinski definition) is 1. The van der Waals surface area contributed by atoms with Crippen molar-refractivity contribution in [2.24, 2.45) is 0 Å². The van der Waals surface area contributed by atoms with Crippen LogP contribution in [0.4, 0.5) is 11.5 Å². The highest BCUT2D eigenvalue weighted by Gasteiger charge is 2.21. The van der Waals surface area contributed by atoms with Gasteiger partial charge in [-0.05, 0) is 39.9 Å². The number of fused-ring (bicyclic) bond motifs is 3. The molecule has 2 aromatic heterocycles. The van der Waals surface area contributed by atoms with E-state index >= 15 is 0 Å². The van der Waals surface area contributed by atoms with Gasteiger partial charge in [-0.15, -0.1) is 0 Å². The first-order valence-electron chi connectivity index (χ1n) is 10.7. The van der Waals surface area contributed by atoms with Gasteiger partial charge in [0.1, 0.15) is 5.58 Å². The largest absolute Gasteiger partial charge is 0.437 e. The van der Waals surface area contributed by atoms with Gasteiger partial charge < -0.3 is 9.73 Å². The fraction of sp³-hybridized carbons (Fsp3) is 0.154. The molecule has 164 valence electrons. The summed E-state index contributed by atoms with van der Waals surface area (Å²) in [4.78, 5) is 28.7. The monoisotopic (exact) mass is 439 g/mol. The summed E-state index contributed by atoms with van der Waals surface area (Å²) < 4.78 is 5.89. The molecule has 0 amide bonds. The zero-order valence-electron chi connectivity index (χ0n) is 18.2. The highest BCUT2D eigenvalue weighted by molar-refractivity contribution is 5.91. The molecule has 0 radical (unpaired) electrons. The van der Waals surface area contributed by atoms with Gasteiger partial charge in [0.2, 0.25) is 17.0 Å². The highest BCUT2D eigenvalue weighted by atomic mass is 16.6. The van der Waals surface area contributed by atoms with Crippen molar-refractivity contribution in [2.75, 3.05) is 5.32 Å². The minimum Gasteiger partial charge on any atom is -0.437 e. The number of nitrogens with zero attached hydrogens (tertiary/aromatic N) is 2. The standard InChI is InChI=1S/C26H21N3O4/c1-15(2)17-10-11-23-20(12-17)24(30)21-13-22(29(31)32)25(28-26(21)33-23)27-14-18-8-5-7-16-6-3-4-9-19(16)18/h3-13,15H,14H2,1-2H3,(H,27,28). The molecule has 33 heavy (non-hydrogen) atoms. The minimum absolute atomic E-state index is 0.0572. The minimum atomic E-state index is -0.536. The fourth-order valence-corrected chi connectivity index (χ4v) is 4.04. The lowest BCUT2D eigenvalue weighted by Gasteiger charge is -2.10. The maximum Gasteiger partial charge on any atom is 0.312 e. The third-order valence-corrected chi connectivity index (χ3v) is 5.86. The fourth-order valence-electron chi connectivity index (χ4n) is 4.04. The van der Waals surface area contributed by atoms with Crippen LogP contribution in [-0.2, 0) is 6.54 Å². The Hall–Kier alpha value is -4.26. The Morgan fingerprint density at radius 3 is 2.58 bits per heavy atom. The predicted molar refractivity (Wildman–Crippen MR) is 130 cm³/mol. The quantitative estimate of drug-likeness (QED) is 0.201. The van der Waals surface area contributed by atoms with Crippen molar-refractivity contribution in [1.82, 2.24) is 4.98 Å². The zero-order valence-corrected chi connectivity index (χ0v) is 18.2. The van der Waals surface area contributed by atoms with Gasteiger partial charge in [0.25, 0.3) is 0 Å². The summed E-state index contributed by atoms with van der Waals surface area (Å²) in [5, 5.41) is 17.5. The molecule has 7 heteroatoms. The topological polar surface area (TPSA) is 98.3 Å². The Bertz CT molecular complexity index is 1600. The van der Waals surface area contributed by atoms with E-state index in [1.165, 1.54) is 6.07 Å². The van der Waals surface area contributed by atoms with E-state index in [1.807, 2.05) is 62.4 Å². The molecule has 0 saturated heterocycles. The third-order valence-electron chi connectivity index (χ3n) is 5.86. The number of nitro groups is 1. The van der Waals surface area contributed by atoms with E-state index in [4.69, 9.17) is 4.42 Å². The van der Waals surface area contributed by atoms with E-state index in [-0.39, 0.29) is 34.0 Å². The molecule has 1 N–H and O–H groups in total. The molecule has 0 atom stereocenters. The number of benzene rings is 3. The lowest BCUT2D eigenvalue weighted by atomic mass is 10.0. The van der Waals surface area contributed by atoms with Crippen LogP contribution in [0.5, 0.6) is 0 Å². The van der Waals surface area contributed by atoms with Gasteiger partial charge in [0.05, 0.1) is 15.7 Å². The van der Waals surface area contributed by atoms with Crippen LogP contribution >= 0.6 is 0 Å². The first-order chi connectivity index (χ1) is 15.9. The van der Waals surface area contributed by atoms with Crippen LogP contribution in [0, 0.1) is 10.1 Å². The summed E-state index contributed by atoms with van der Waals surface area (Å²) >= 11 is 0. The smallest absolute Gasteiger partial charge is 0.312 e. The van der Waals surface area contributed by atoms with Crippen molar-refractivity contribution in [3.63, 3.8) is 0 Å². The molecule has 0 bridgehead atoms. The van der Waals surface area contributed by atoms with E-state index in [9.17, 15) is 14.9 Å². The Kier molecular flexibility index (Phi) is 5.01. The van der Waals surface area contributed by atoms with Gasteiger partial charge in [0, 0.05) is 12.6 Å².